The van der Waals surface area contributed by atoms with Crippen molar-refractivity contribution >= 4 is 17.4 Å². The zero-order valence-corrected chi connectivity index (χ0v) is 15.2. The summed E-state index contributed by atoms with van der Waals surface area (Å²) in [6.45, 7) is 6.67. The molecule has 1 aliphatic heterocycles. The molecule has 0 spiro atoms. The van der Waals surface area contributed by atoms with E-state index in [0.717, 1.165) is 37.4 Å². The van der Waals surface area contributed by atoms with Gasteiger partial charge in [0.05, 0.1) is 12.4 Å². The summed E-state index contributed by atoms with van der Waals surface area (Å²) in [4.78, 5) is 22.9. The summed E-state index contributed by atoms with van der Waals surface area (Å²) in [5.74, 6) is 1.93. The smallest absolute Gasteiger partial charge is 0.274 e. The van der Waals surface area contributed by atoms with Crippen molar-refractivity contribution in [3.05, 3.63) is 36.3 Å². The molecule has 2 heterocycles. The molecule has 26 heavy (non-hydrogen) atoms. The lowest BCUT2D eigenvalue weighted by molar-refractivity contribution is 0.0749. The highest BCUT2D eigenvalue weighted by molar-refractivity contribution is 5.92. The summed E-state index contributed by atoms with van der Waals surface area (Å²) >= 11 is 0. The minimum atomic E-state index is -0.0768. The molecule has 138 valence electrons. The van der Waals surface area contributed by atoms with E-state index in [2.05, 4.69) is 29.1 Å². The minimum Gasteiger partial charge on any atom is -0.486 e. The second kappa shape index (κ2) is 8.51. The number of nitrogens with zero attached hydrogens (tertiary/aromatic N) is 3. The van der Waals surface area contributed by atoms with E-state index < -0.39 is 0 Å². The van der Waals surface area contributed by atoms with Crippen LogP contribution in [0.5, 0.6) is 11.5 Å². The fourth-order valence-corrected chi connectivity index (χ4v) is 2.79. The third-order valence-corrected chi connectivity index (χ3v) is 3.96. The lowest BCUT2D eigenvalue weighted by Crippen LogP contribution is -2.33. The van der Waals surface area contributed by atoms with Crippen LogP contribution in [0.2, 0.25) is 0 Å². The molecule has 0 atom stereocenters. The third-order valence-electron chi connectivity index (χ3n) is 3.96. The molecule has 7 heteroatoms. The van der Waals surface area contributed by atoms with E-state index in [-0.39, 0.29) is 5.91 Å². The molecule has 0 radical (unpaired) electrons. The van der Waals surface area contributed by atoms with Gasteiger partial charge in [-0.05, 0) is 25.0 Å². The number of ether oxygens (including phenoxy) is 2. The van der Waals surface area contributed by atoms with Gasteiger partial charge >= 0.3 is 0 Å². The van der Waals surface area contributed by atoms with Crippen LogP contribution >= 0.6 is 0 Å². The Morgan fingerprint density at radius 2 is 1.81 bits per heavy atom. The summed E-state index contributed by atoms with van der Waals surface area (Å²) in [7, 11) is 0. The molecule has 0 aliphatic carbocycles. The minimum absolute atomic E-state index is 0.0768. The number of aromatic nitrogens is 2. The van der Waals surface area contributed by atoms with Crippen molar-refractivity contribution in [2.45, 2.75) is 26.7 Å². The van der Waals surface area contributed by atoms with Crippen molar-refractivity contribution in [1.82, 2.24) is 14.9 Å². The first kappa shape index (κ1) is 18.0. The third kappa shape index (κ3) is 4.22. The van der Waals surface area contributed by atoms with Crippen molar-refractivity contribution in [3.8, 4) is 11.5 Å². The van der Waals surface area contributed by atoms with Gasteiger partial charge < -0.3 is 19.7 Å². The maximum atomic E-state index is 12.5. The Labute approximate surface area is 153 Å². The van der Waals surface area contributed by atoms with Crippen LogP contribution in [0.4, 0.5) is 11.5 Å². The standard InChI is InChI=1S/C19H24N4O3/c1-3-7-23(8-4-2)19(24)15-12-21-18(13-20-15)22-14-5-6-16-17(11-14)26-10-9-25-16/h5-6,11-13H,3-4,7-10H2,1-2H3,(H,21,22). The Bertz CT molecular complexity index is 743. The maximum absolute atomic E-state index is 12.5. The van der Waals surface area contributed by atoms with E-state index in [1.54, 1.807) is 6.20 Å². The molecule has 0 saturated carbocycles. The molecule has 0 bridgehead atoms. The quantitative estimate of drug-likeness (QED) is 0.821. The molecule has 0 fully saturated rings. The molecule has 0 saturated heterocycles. The zero-order valence-electron chi connectivity index (χ0n) is 15.2. The van der Waals surface area contributed by atoms with Gasteiger partial charge in [0.1, 0.15) is 24.7 Å². The number of rotatable bonds is 7. The van der Waals surface area contributed by atoms with Crippen molar-refractivity contribution in [2.24, 2.45) is 0 Å². The normalized spacial score (nSPS) is 12.5. The number of fused-ring (bicyclic) bond motifs is 1. The number of carbonyl (C=O) groups is 1. The monoisotopic (exact) mass is 356 g/mol. The highest BCUT2D eigenvalue weighted by atomic mass is 16.6. The van der Waals surface area contributed by atoms with Crippen LogP contribution < -0.4 is 14.8 Å². The number of carbonyl (C=O) groups excluding carboxylic acids is 1. The van der Waals surface area contributed by atoms with E-state index in [0.29, 0.717) is 30.5 Å². The Morgan fingerprint density at radius 1 is 1.08 bits per heavy atom. The lowest BCUT2D eigenvalue weighted by Gasteiger charge is -2.21. The van der Waals surface area contributed by atoms with Gasteiger partial charge in [-0.15, -0.1) is 0 Å². The Hall–Kier alpha value is -2.83. The molecule has 7 nitrogen and oxygen atoms in total. The number of benzene rings is 1. The van der Waals surface area contributed by atoms with Gasteiger partial charge in [0.2, 0.25) is 0 Å². The fourth-order valence-electron chi connectivity index (χ4n) is 2.79. The van der Waals surface area contributed by atoms with Gasteiger partial charge in [0, 0.05) is 24.8 Å². The lowest BCUT2D eigenvalue weighted by atomic mass is 10.2. The molecular weight excluding hydrogens is 332 g/mol. The summed E-state index contributed by atoms with van der Waals surface area (Å²) < 4.78 is 11.1. The van der Waals surface area contributed by atoms with Crippen LogP contribution in [0.1, 0.15) is 37.2 Å². The van der Waals surface area contributed by atoms with Gasteiger partial charge in [-0.25, -0.2) is 9.97 Å². The molecule has 2 aromatic rings. The predicted octanol–water partition coefficient (Wildman–Crippen LogP) is 3.25. The van der Waals surface area contributed by atoms with Gasteiger partial charge in [0.15, 0.2) is 11.5 Å². The molecular formula is C19H24N4O3. The van der Waals surface area contributed by atoms with Gasteiger partial charge in [-0.3, -0.25) is 4.79 Å². The summed E-state index contributed by atoms with van der Waals surface area (Å²) in [6, 6.07) is 5.60. The van der Waals surface area contributed by atoms with Crippen molar-refractivity contribution in [2.75, 3.05) is 31.6 Å². The SMILES string of the molecule is CCCN(CCC)C(=O)c1cnc(Nc2ccc3c(c2)OCCO3)cn1. The van der Waals surface area contributed by atoms with Crippen LogP contribution in [0, 0.1) is 0 Å². The van der Waals surface area contributed by atoms with Crippen molar-refractivity contribution in [3.63, 3.8) is 0 Å². The van der Waals surface area contributed by atoms with Crippen LogP contribution in [-0.2, 0) is 0 Å². The van der Waals surface area contributed by atoms with E-state index in [9.17, 15) is 4.79 Å². The molecule has 3 rings (SSSR count). The molecule has 1 aromatic heterocycles. The van der Waals surface area contributed by atoms with Gasteiger partial charge in [0.25, 0.3) is 5.91 Å². The number of anilines is 2. The first-order valence-corrected chi connectivity index (χ1v) is 8.99. The summed E-state index contributed by atoms with van der Waals surface area (Å²) in [5.41, 5.74) is 1.18. The summed E-state index contributed by atoms with van der Waals surface area (Å²) in [6.07, 6.45) is 4.92. The maximum Gasteiger partial charge on any atom is 0.274 e. The van der Waals surface area contributed by atoms with Gasteiger partial charge in [-0.2, -0.15) is 0 Å². The highest BCUT2D eigenvalue weighted by Crippen LogP contribution is 2.33. The van der Waals surface area contributed by atoms with Crippen LogP contribution in [-0.4, -0.2) is 47.1 Å². The highest BCUT2D eigenvalue weighted by Gasteiger charge is 2.16. The average Bonchev–Trinajstić information content (AvgIpc) is 2.68. The fraction of sp³-hybridized carbons (Fsp3) is 0.421. The van der Waals surface area contributed by atoms with Gasteiger partial charge in [-0.1, -0.05) is 13.8 Å². The van der Waals surface area contributed by atoms with E-state index in [4.69, 9.17) is 9.47 Å². The largest absolute Gasteiger partial charge is 0.486 e. The van der Waals surface area contributed by atoms with Crippen LogP contribution in [0.25, 0.3) is 0 Å². The van der Waals surface area contributed by atoms with E-state index >= 15 is 0 Å². The number of amides is 1. The zero-order chi connectivity index (χ0) is 18.4. The second-order valence-corrected chi connectivity index (χ2v) is 6.06. The Kier molecular flexibility index (Phi) is 5.88. The average molecular weight is 356 g/mol. The first-order valence-electron chi connectivity index (χ1n) is 8.99. The molecule has 1 N–H and O–H groups in total. The second-order valence-electron chi connectivity index (χ2n) is 6.06. The molecule has 1 aromatic carbocycles. The van der Waals surface area contributed by atoms with Crippen molar-refractivity contribution < 1.29 is 14.3 Å². The first-order chi connectivity index (χ1) is 12.7. The summed E-state index contributed by atoms with van der Waals surface area (Å²) in [5, 5.41) is 3.17. The van der Waals surface area contributed by atoms with E-state index in [1.807, 2.05) is 23.1 Å². The predicted molar refractivity (Wildman–Crippen MR) is 99.2 cm³/mol. The number of hydrogen-bond donors (Lipinski definition) is 1. The van der Waals surface area contributed by atoms with Crippen LogP contribution in [0.3, 0.4) is 0 Å². The van der Waals surface area contributed by atoms with Crippen molar-refractivity contribution in [1.29, 1.82) is 0 Å². The molecule has 1 amide bonds. The number of nitrogens with one attached hydrogen (secondary N) is 1. The number of hydrogen-bond acceptors (Lipinski definition) is 6. The topological polar surface area (TPSA) is 76.6 Å². The molecule has 0 unspecified atom stereocenters. The van der Waals surface area contributed by atoms with E-state index in [1.165, 1.54) is 6.20 Å². The molecule has 1 aliphatic rings. The Balaban J connectivity index is 1.68. The Morgan fingerprint density at radius 3 is 2.46 bits per heavy atom. The van der Waals surface area contributed by atoms with Crippen LogP contribution in [0.15, 0.2) is 30.6 Å².